The lowest BCUT2D eigenvalue weighted by Gasteiger charge is -2.33. The van der Waals surface area contributed by atoms with Crippen LogP contribution in [0.3, 0.4) is 0 Å². The molecule has 1 aliphatic rings. The molecule has 0 saturated heterocycles. The van der Waals surface area contributed by atoms with E-state index in [0.29, 0.717) is 6.17 Å². The molecular weight excluding hydrogens is 581 g/mol. The molecule has 0 spiro atoms. The smallest absolute Gasteiger partial charge is 0.101 e. The Morgan fingerprint density at radius 3 is 0.729 bits per heavy atom. The monoisotopic (exact) mass is 673 g/mol. The third-order valence-electron chi connectivity index (χ3n) is 11.3. The molecule has 2 nitrogen and oxygen atoms in total. The highest BCUT2D eigenvalue weighted by atomic mass is 15.4. The van der Waals surface area contributed by atoms with Crippen molar-refractivity contribution in [2.24, 2.45) is 0 Å². The highest BCUT2D eigenvalue weighted by Gasteiger charge is 2.24. The van der Waals surface area contributed by atoms with Crippen LogP contribution < -0.4 is 0 Å². The van der Waals surface area contributed by atoms with Crippen LogP contribution in [0.4, 0.5) is 0 Å². The van der Waals surface area contributed by atoms with Crippen molar-refractivity contribution < 1.29 is 0 Å². The van der Waals surface area contributed by atoms with Crippen molar-refractivity contribution in [2.75, 3.05) is 13.1 Å². The van der Waals surface area contributed by atoms with Crippen LogP contribution in [0.25, 0.3) is 0 Å². The van der Waals surface area contributed by atoms with Gasteiger partial charge in [-0.3, -0.25) is 0 Å². The molecule has 0 atom stereocenters. The summed E-state index contributed by atoms with van der Waals surface area (Å²) in [6.45, 7) is 9.49. The highest BCUT2D eigenvalue weighted by molar-refractivity contribution is 4.97. The van der Waals surface area contributed by atoms with E-state index in [0.717, 1.165) is 0 Å². The number of rotatable bonds is 40. The third kappa shape index (κ3) is 29.1. The Bertz CT molecular complexity index is 586. The minimum atomic E-state index is 0.638. The van der Waals surface area contributed by atoms with Crippen molar-refractivity contribution in [3.63, 3.8) is 0 Å². The predicted molar refractivity (Wildman–Crippen MR) is 219 cm³/mol. The number of nitrogens with zero attached hydrogens (tertiary/aromatic N) is 2. The molecule has 0 saturated carbocycles. The lowest BCUT2D eigenvalue weighted by molar-refractivity contribution is 0.135. The van der Waals surface area contributed by atoms with E-state index in [1.54, 1.807) is 0 Å². The summed E-state index contributed by atoms with van der Waals surface area (Å²) in [6.07, 6.45) is 60.4. The molecule has 2 heteroatoms. The van der Waals surface area contributed by atoms with E-state index in [-0.39, 0.29) is 0 Å². The molecule has 0 amide bonds. The molecule has 0 bridgehead atoms. The van der Waals surface area contributed by atoms with E-state index in [1.165, 1.54) is 257 Å². The molecule has 0 aromatic carbocycles. The molecule has 0 aromatic heterocycles. The molecule has 0 aromatic rings. The van der Waals surface area contributed by atoms with Crippen LogP contribution in [-0.2, 0) is 0 Å². The van der Waals surface area contributed by atoms with Crippen LogP contribution in [0, 0.1) is 0 Å². The maximum atomic E-state index is 2.73. The van der Waals surface area contributed by atoms with E-state index in [2.05, 4.69) is 43.0 Å². The lowest BCUT2D eigenvalue weighted by atomic mass is 10.0. The van der Waals surface area contributed by atoms with Crippen molar-refractivity contribution in [1.29, 1.82) is 0 Å². The van der Waals surface area contributed by atoms with E-state index in [4.69, 9.17) is 0 Å². The van der Waals surface area contributed by atoms with Crippen LogP contribution in [0.1, 0.15) is 265 Å². The minimum Gasteiger partial charge on any atom is -0.356 e. The molecule has 1 heterocycles. The largest absolute Gasteiger partial charge is 0.356 e. The quantitative estimate of drug-likeness (QED) is 0.0598. The first-order chi connectivity index (χ1) is 23.8. The molecule has 0 fully saturated rings. The lowest BCUT2D eigenvalue weighted by Crippen LogP contribution is -2.39. The highest BCUT2D eigenvalue weighted by Crippen LogP contribution is 2.24. The van der Waals surface area contributed by atoms with Gasteiger partial charge in [-0.05, 0) is 25.7 Å². The second-order valence-corrected chi connectivity index (χ2v) is 16.1. The van der Waals surface area contributed by atoms with E-state index < -0.39 is 0 Å². The maximum absolute atomic E-state index is 2.73. The van der Waals surface area contributed by atoms with Gasteiger partial charge in [0.1, 0.15) is 6.17 Å². The van der Waals surface area contributed by atoms with Crippen LogP contribution in [0.5, 0.6) is 0 Å². The first kappa shape index (κ1) is 45.4. The van der Waals surface area contributed by atoms with Crippen molar-refractivity contribution >= 4 is 0 Å². The van der Waals surface area contributed by atoms with Gasteiger partial charge in [-0.15, -0.1) is 0 Å². The van der Waals surface area contributed by atoms with Crippen molar-refractivity contribution in [3.8, 4) is 0 Å². The van der Waals surface area contributed by atoms with Gasteiger partial charge in [0.05, 0.1) is 0 Å². The number of hydrogen-bond acceptors (Lipinski definition) is 2. The normalized spacial score (nSPS) is 13.5. The first-order valence-corrected chi connectivity index (χ1v) is 23.0. The average Bonchev–Trinajstić information content (AvgIpc) is 3.48. The van der Waals surface area contributed by atoms with Crippen molar-refractivity contribution in [1.82, 2.24) is 9.80 Å². The van der Waals surface area contributed by atoms with Gasteiger partial charge in [0.2, 0.25) is 0 Å². The number of unbranched alkanes of at least 4 members (excludes halogenated alkanes) is 34. The molecule has 0 aliphatic carbocycles. The maximum Gasteiger partial charge on any atom is 0.101 e. The zero-order chi connectivity index (χ0) is 34.4. The zero-order valence-electron chi connectivity index (χ0n) is 33.9. The zero-order valence-corrected chi connectivity index (χ0v) is 33.9. The summed E-state index contributed by atoms with van der Waals surface area (Å²) in [5.74, 6) is 0. The molecule has 0 N–H and O–H groups in total. The van der Waals surface area contributed by atoms with Gasteiger partial charge in [0.15, 0.2) is 0 Å². The molecule has 1 rings (SSSR count). The molecule has 48 heavy (non-hydrogen) atoms. The van der Waals surface area contributed by atoms with Crippen LogP contribution in [0.2, 0.25) is 0 Å². The van der Waals surface area contributed by atoms with Gasteiger partial charge in [-0.25, -0.2) is 0 Å². The van der Waals surface area contributed by atoms with Gasteiger partial charge < -0.3 is 9.80 Å². The molecule has 0 radical (unpaired) electrons. The SMILES string of the molecule is CCCCCCCCCCCCCCCCCN1C=CN(CCCCCCCCCCCCCCCCC)C1CCCCCCCCC. The first-order valence-electron chi connectivity index (χ1n) is 23.0. The molecule has 0 unspecified atom stereocenters. The summed E-state index contributed by atoms with van der Waals surface area (Å²) < 4.78 is 0. The molecule has 286 valence electrons. The Balaban J connectivity index is 2.13. The Morgan fingerprint density at radius 2 is 0.479 bits per heavy atom. The van der Waals surface area contributed by atoms with E-state index >= 15 is 0 Å². The van der Waals surface area contributed by atoms with Crippen LogP contribution in [0.15, 0.2) is 12.4 Å². The van der Waals surface area contributed by atoms with Crippen LogP contribution in [-0.4, -0.2) is 29.1 Å². The predicted octanol–water partition coefficient (Wildman–Crippen LogP) is 16.3. The fourth-order valence-electron chi connectivity index (χ4n) is 7.95. The van der Waals surface area contributed by atoms with Crippen LogP contribution >= 0.6 is 0 Å². The van der Waals surface area contributed by atoms with Gasteiger partial charge in [-0.1, -0.05) is 239 Å². The summed E-state index contributed by atoms with van der Waals surface area (Å²) >= 11 is 0. The summed E-state index contributed by atoms with van der Waals surface area (Å²) in [4.78, 5) is 5.45. The minimum absolute atomic E-state index is 0.638. The number of hydrogen-bond donors (Lipinski definition) is 0. The molecule has 1 aliphatic heterocycles. The van der Waals surface area contributed by atoms with Gasteiger partial charge in [-0.2, -0.15) is 0 Å². The standard InChI is InChI=1S/C46H92N2/c1-4-7-10-13-16-18-20-22-24-26-28-30-33-36-39-42-47-44-45-48(46(47)41-38-35-32-15-12-9-6-3)43-40-37-34-31-29-27-25-23-21-19-17-14-11-8-5-2/h44-46H,4-43H2,1-3H3. The van der Waals surface area contributed by atoms with Gasteiger partial charge in [0, 0.05) is 25.5 Å². The fraction of sp³-hybridized carbons (Fsp3) is 0.957. The summed E-state index contributed by atoms with van der Waals surface area (Å²) in [5.41, 5.74) is 0. The van der Waals surface area contributed by atoms with E-state index in [9.17, 15) is 0 Å². The second-order valence-electron chi connectivity index (χ2n) is 16.1. The molecular formula is C46H92N2. The Labute approximate surface area is 305 Å². The average molecular weight is 673 g/mol. The van der Waals surface area contributed by atoms with Gasteiger partial charge in [0.25, 0.3) is 0 Å². The fourth-order valence-corrected chi connectivity index (χ4v) is 7.95. The van der Waals surface area contributed by atoms with Gasteiger partial charge >= 0.3 is 0 Å². The van der Waals surface area contributed by atoms with Crippen molar-refractivity contribution in [2.45, 2.75) is 271 Å². The topological polar surface area (TPSA) is 6.48 Å². The summed E-state index contributed by atoms with van der Waals surface area (Å²) in [5, 5.41) is 0. The second kappa shape index (κ2) is 37.6. The van der Waals surface area contributed by atoms with E-state index in [1.807, 2.05) is 0 Å². The summed E-state index contributed by atoms with van der Waals surface area (Å²) in [7, 11) is 0. The van der Waals surface area contributed by atoms with Crippen molar-refractivity contribution in [3.05, 3.63) is 12.4 Å². The third-order valence-corrected chi connectivity index (χ3v) is 11.3. The Hall–Kier alpha value is -0.660. The summed E-state index contributed by atoms with van der Waals surface area (Å²) in [6, 6.07) is 0. The Morgan fingerprint density at radius 1 is 0.271 bits per heavy atom. The Kier molecular flexibility index (Phi) is 35.5.